The number of para-hydroxylation sites is 1. The first-order chi connectivity index (χ1) is 13.0. The quantitative estimate of drug-likeness (QED) is 0.543. The molecule has 0 radical (unpaired) electrons. The standard InChI is InChI=1S/C19H22N4O4/c24-18(25)11-22(10-12-5-6-12)14-7-13(8-14)21-19-15-3-1-2-4-16(15)20-9-17(19)23(26)27/h1-4,9,12-14H,5-8,10-11H2,(H,20,21)(H,24,25). The minimum atomic E-state index is -0.803. The van der Waals surface area contributed by atoms with E-state index in [1.54, 1.807) is 0 Å². The Hall–Kier alpha value is -2.74. The maximum atomic E-state index is 11.4. The van der Waals surface area contributed by atoms with Crippen molar-refractivity contribution < 1.29 is 14.8 Å². The van der Waals surface area contributed by atoms with Crippen molar-refractivity contribution >= 4 is 28.2 Å². The lowest BCUT2D eigenvalue weighted by Gasteiger charge is -2.43. The molecule has 1 heterocycles. The normalized spacial score (nSPS) is 21.8. The van der Waals surface area contributed by atoms with Crippen molar-refractivity contribution in [1.29, 1.82) is 0 Å². The largest absolute Gasteiger partial charge is 0.480 e. The van der Waals surface area contributed by atoms with Gasteiger partial charge in [0.25, 0.3) is 0 Å². The molecule has 27 heavy (non-hydrogen) atoms. The molecule has 0 saturated heterocycles. The Morgan fingerprint density at radius 1 is 1.33 bits per heavy atom. The first-order valence-corrected chi connectivity index (χ1v) is 9.25. The zero-order chi connectivity index (χ0) is 19.0. The molecular formula is C19H22N4O4. The van der Waals surface area contributed by atoms with E-state index >= 15 is 0 Å². The van der Waals surface area contributed by atoms with Crippen molar-refractivity contribution in [3.05, 3.63) is 40.6 Å². The molecular weight excluding hydrogens is 348 g/mol. The van der Waals surface area contributed by atoms with Gasteiger partial charge in [-0.3, -0.25) is 19.8 Å². The molecule has 0 amide bonds. The molecule has 2 aromatic rings. The zero-order valence-electron chi connectivity index (χ0n) is 14.9. The van der Waals surface area contributed by atoms with Crippen LogP contribution in [0.2, 0.25) is 0 Å². The lowest BCUT2D eigenvalue weighted by Crippen LogP contribution is -2.52. The number of nitro groups is 1. The van der Waals surface area contributed by atoms with Crippen LogP contribution in [0.15, 0.2) is 30.5 Å². The molecule has 2 saturated carbocycles. The molecule has 0 atom stereocenters. The van der Waals surface area contributed by atoms with Gasteiger partial charge in [0.05, 0.1) is 17.0 Å². The second kappa shape index (κ2) is 7.11. The summed E-state index contributed by atoms with van der Waals surface area (Å²) >= 11 is 0. The number of nitrogens with one attached hydrogen (secondary N) is 1. The van der Waals surface area contributed by atoms with E-state index < -0.39 is 10.9 Å². The average molecular weight is 370 g/mol. The average Bonchev–Trinajstić information content (AvgIpc) is 3.40. The number of anilines is 1. The summed E-state index contributed by atoms with van der Waals surface area (Å²) < 4.78 is 0. The third-order valence-electron chi connectivity index (χ3n) is 5.46. The van der Waals surface area contributed by atoms with Gasteiger partial charge in [-0.05, 0) is 37.7 Å². The molecule has 0 spiro atoms. The van der Waals surface area contributed by atoms with E-state index in [1.165, 1.54) is 19.0 Å². The minimum absolute atomic E-state index is 0.0301. The van der Waals surface area contributed by atoms with E-state index in [0.717, 1.165) is 24.8 Å². The summed E-state index contributed by atoms with van der Waals surface area (Å²) in [6.45, 7) is 0.897. The van der Waals surface area contributed by atoms with Crippen LogP contribution in [0.5, 0.6) is 0 Å². The summed E-state index contributed by atoms with van der Waals surface area (Å²) in [7, 11) is 0. The number of fused-ring (bicyclic) bond motifs is 1. The lowest BCUT2D eigenvalue weighted by atomic mass is 9.84. The number of hydrogen-bond donors (Lipinski definition) is 2. The highest BCUT2D eigenvalue weighted by molar-refractivity contribution is 5.95. The van der Waals surface area contributed by atoms with Crippen LogP contribution < -0.4 is 5.32 Å². The topological polar surface area (TPSA) is 109 Å². The number of rotatable bonds is 8. The summed E-state index contributed by atoms with van der Waals surface area (Å²) in [5.74, 6) is -0.176. The number of benzene rings is 1. The van der Waals surface area contributed by atoms with Crippen molar-refractivity contribution in [1.82, 2.24) is 9.88 Å². The van der Waals surface area contributed by atoms with Gasteiger partial charge in [0.1, 0.15) is 11.9 Å². The number of pyridine rings is 1. The third-order valence-corrected chi connectivity index (χ3v) is 5.46. The molecule has 2 aliphatic rings. The van der Waals surface area contributed by atoms with Gasteiger partial charge in [-0.15, -0.1) is 0 Å². The number of carboxylic acid groups (broad SMARTS) is 1. The van der Waals surface area contributed by atoms with Crippen molar-refractivity contribution in [3.8, 4) is 0 Å². The lowest BCUT2D eigenvalue weighted by molar-refractivity contribution is -0.384. The van der Waals surface area contributed by atoms with E-state index in [2.05, 4.69) is 15.2 Å². The monoisotopic (exact) mass is 370 g/mol. The Morgan fingerprint density at radius 3 is 2.74 bits per heavy atom. The fourth-order valence-corrected chi connectivity index (χ4v) is 3.78. The fraction of sp³-hybridized carbons (Fsp3) is 0.474. The van der Waals surface area contributed by atoms with Gasteiger partial charge in [-0.25, -0.2) is 4.98 Å². The van der Waals surface area contributed by atoms with Gasteiger partial charge >= 0.3 is 11.7 Å². The molecule has 0 aliphatic heterocycles. The summed E-state index contributed by atoms with van der Waals surface area (Å²) in [6.07, 6.45) is 5.23. The van der Waals surface area contributed by atoms with Crippen LogP contribution in [-0.4, -0.2) is 51.1 Å². The summed E-state index contributed by atoms with van der Waals surface area (Å²) in [5.41, 5.74) is 1.18. The second-order valence-electron chi connectivity index (χ2n) is 7.53. The predicted octanol–water partition coefficient (Wildman–Crippen LogP) is 2.88. The van der Waals surface area contributed by atoms with Crippen LogP contribution >= 0.6 is 0 Å². The molecule has 4 rings (SSSR count). The Balaban J connectivity index is 1.48. The van der Waals surface area contributed by atoms with Gasteiger partial charge in [0.2, 0.25) is 0 Å². The van der Waals surface area contributed by atoms with Crippen LogP contribution in [0.4, 0.5) is 11.4 Å². The van der Waals surface area contributed by atoms with Crippen molar-refractivity contribution in [2.45, 2.75) is 37.8 Å². The summed E-state index contributed by atoms with van der Waals surface area (Å²) in [5, 5.41) is 24.6. The van der Waals surface area contributed by atoms with Crippen LogP contribution in [0.25, 0.3) is 10.9 Å². The zero-order valence-corrected chi connectivity index (χ0v) is 14.9. The molecule has 142 valence electrons. The molecule has 1 aromatic carbocycles. The molecule has 2 aliphatic carbocycles. The molecule has 1 aromatic heterocycles. The van der Waals surface area contributed by atoms with Gasteiger partial charge in [0.15, 0.2) is 0 Å². The number of carbonyl (C=O) groups is 1. The number of aromatic nitrogens is 1. The van der Waals surface area contributed by atoms with Crippen molar-refractivity contribution in [2.24, 2.45) is 5.92 Å². The van der Waals surface area contributed by atoms with Crippen molar-refractivity contribution in [2.75, 3.05) is 18.4 Å². The summed E-state index contributed by atoms with van der Waals surface area (Å²) in [4.78, 5) is 28.4. The van der Waals surface area contributed by atoms with Gasteiger partial charge in [0, 0.05) is 24.0 Å². The molecule has 2 N–H and O–H groups in total. The molecule has 0 unspecified atom stereocenters. The fourth-order valence-electron chi connectivity index (χ4n) is 3.78. The highest BCUT2D eigenvalue weighted by Gasteiger charge is 2.38. The second-order valence-corrected chi connectivity index (χ2v) is 7.53. The molecule has 0 bridgehead atoms. The molecule has 8 nitrogen and oxygen atoms in total. The maximum Gasteiger partial charge on any atom is 0.317 e. The first kappa shape index (κ1) is 17.7. The van der Waals surface area contributed by atoms with Crippen LogP contribution in [-0.2, 0) is 4.79 Å². The summed E-state index contributed by atoms with van der Waals surface area (Å²) in [6, 6.07) is 7.66. The minimum Gasteiger partial charge on any atom is -0.480 e. The van der Waals surface area contributed by atoms with E-state index in [4.69, 9.17) is 5.11 Å². The predicted molar refractivity (Wildman–Crippen MR) is 101 cm³/mol. The van der Waals surface area contributed by atoms with Gasteiger partial charge < -0.3 is 10.4 Å². The third kappa shape index (κ3) is 3.85. The Bertz CT molecular complexity index is 877. The molecule has 2 fully saturated rings. The van der Waals surface area contributed by atoms with E-state index in [0.29, 0.717) is 17.1 Å². The van der Waals surface area contributed by atoms with E-state index in [-0.39, 0.29) is 24.3 Å². The van der Waals surface area contributed by atoms with Gasteiger partial charge in [-0.2, -0.15) is 0 Å². The SMILES string of the molecule is O=C(O)CN(CC1CC1)C1CC(Nc2c([N+](=O)[O-])cnc3ccccc23)C1. The molecule has 8 heteroatoms. The van der Waals surface area contributed by atoms with Gasteiger partial charge in [-0.1, -0.05) is 18.2 Å². The number of hydrogen-bond acceptors (Lipinski definition) is 6. The highest BCUT2D eigenvalue weighted by Crippen LogP contribution is 2.37. The van der Waals surface area contributed by atoms with Crippen LogP contribution in [0.3, 0.4) is 0 Å². The van der Waals surface area contributed by atoms with E-state index in [1.807, 2.05) is 24.3 Å². The Morgan fingerprint density at radius 2 is 2.07 bits per heavy atom. The Kier molecular flexibility index (Phi) is 4.65. The van der Waals surface area contributed by atoms with Crippen LogP contribution in [0.1, 0.15) is 25.7 Å². The Labute approximate surface area is 156 Å². The first-order valence-electron chi connectivity index (χ1n) is 9.25. The smallest absolute Gasteiger partial charge is 0.317 e. The highest BCUT2D eigenvalue weighted by atomic mass is 16.6. The van der Waals surface area contributed by atoms with Crippen molar-refractivity contribution in [3.63, 3.8) is 0 Å². The van der Waals surface area contributed by atoms with E-state index in [9.17, 15) is 14.9 Å². The number of nitrogens with zero attached hydrogens (tertiary/aromatic N) is 3. The maximum absolute atomic E-state index is 11.4. The number of carboxylic acids is 1. The van der Waals surface area contributed by atoms with Crippen LogP contribution in [0, 0.1) is 16.0 Å². The number of aliphatic carboxylic acids is 1.